The highest BCUT2D eigenvalue weighted by atomic mass is 16.6. The van der Waals surface area contributed by atoms with Crippen molar-refractivity contribution in [1.82, 2.24) is 4.90 Å². The molecular formula is C10H14N2O2. The topological polar surface area (TPSA) is 33.9 Å². The molecule has 0 radical (unpaired) electrons. The van der Waals surface area contributed by atoms with Crippen LogP contribution in [0.5, 0.6) is 0 Å². The van der Waals surface area contributed by atoms with Gasteiger partial charge < -0.3 is 9.64 Å². The van der Waals surface area contributed by atoms with E-state index in [0.717, 1.165) is 5.57 Å². The molecule has 1 amide bonds. The van der Waals surface area contributed by atoms with E-state index in [9.17, 15) is 4.79 Å². The Bertz CT molecular complexity index is 299. The van der Waals surface area contributed by atoms with Crippen molar-refractivity contribution in [2.24, 2.45) is 0 Å². The molecule has 0 aromatic carbocycles. The van der Waals surface area contributed by atoms with Crippen molar-refractivity contribution in [3.8, 4) is 0 Å². The van der Waals surface area contributed by atoms with E-state index < -0.39 is 5.60 Å². The Hall–Kier alpha value is -1.50. The van der Waals surface area contributed by atoms with Gasteiger partial charge in [0.15, 0.2) is 6.20 Å². The molecule has 4 nitrogen and oxygen atoms in total. The number of amides is 1. The molecule has 1 heterocycles. The van der Waals surface area contributed by atoms with Gasteiger partial charge in [-0.05, 0) is 26.3 Å². The van der Waals surface area contributed by atoms with Crippen LogP contribution in [0.3, 0.4) is 0 Å². The maximum Gasteiger partial charge on any atom is 0.410 e. The van der Waals surface area contributed by atoms with Crippen LogP contribution in [0.25, 0.3) is 4.85 Å². The number of carbonyl (C=O) groups excluding carboxylic acids is 1. The van der Waals surface area contributed by atoms with Crippen LogP contribution in [0.15, 0.2) is 11.8 Å². The molecule has 1 fully saturated rings. The molecule has 76 valence electrons. The molecule has 1 aliphatic heterocycles. The third-order valence-corrected chi connectivity index (χ3v) is 1.69. The van der Waals surface area contributed by atoms with Crippen LogP contribution in [0.1, 0.15) is 20.8 Å². The van der Waals surface area contributed by atoms with Gasteiger partial charge in [0.1, 0.15) is 5.60 Å². The van der Waals surface area contributed by atoms with Crippen LogP contribution in [0, 0.1) is 6.57 Å². The summed E-state index contributed by atoms with van der Waals surface area (Å²) in [6, 6.07) is 0. The van der Waals surface area contributed by atoms with E-state index in [-0.39, 0.29) is 6.09 Å². The minimum absolute atomic E-state index is 0.306. The number of likely N-dealkylation sites (tertiary alicyclic amines) is 1. The van der Waals surface area contributed by atoms with E-state index in [2.05, 4.69) is 4.85 Å². The highest BCUT2D eigenvalue weighted by Crippen LogP contribution is 2.18. The lowest BCUT2D eigenvalue weighted by molar-refractivity contribution is 0.0214. The number of hydrogen-bond acceptors (Lipinski definition) is 2. The Kier molecular flexibility index (Phi) is 2.80. The van der Waals surface area contributed by atoms with E-state index in [1.807, 2.05) is 20.8 Å². The van der Waals surface area contributed by atoms with Crippen LogP contribution in [0.4, 0.5) is 4.79 Å². The molecule has 1 saturated heterocycles. The first-order valence-electron chi connectivity index (χ1n) is 4.45. The van der Waals surface area contributed by atoms with Crippen LogP contribution in [-0.4, -0.2) is 29.7 Å². The Morgan fingerprint density at radius 2 is 2.14 bits per heavy atom. The van der Waals surface area contributed by atoms with Crippen LogP contribution >= 0.6 is 0 Å². The summed E-state index contributed by atoms with van der Waals surface area (Å²) in [6.07, 6.45) is 1.15. The fourth-order valence-electron chi connectivity index (χ4n) is 1.07. The maximum atomic E-state index is 11.4. The lowest BCUT2D eigenvalue weighted by Crippen LogP contribution is -2.46. The SMILES string of the molecule is [C-]#[N+]C=C1CN(C(=O)OC(C)(C)C)C1. The summed E-state index contributed by atoms with van der Waals surface area (Å²) in [5.41, 5.74) is 0.530. The summed E-state index contributed by atoms with van der Waals surface area (Å²) >= 11 is 0. The van der Waals surface area contributed by atoms with Gasteiger partial charge in [-0.1, -0.05) is 0 Å². The van der Waals surface area contributed by atoms with Crippen molar-refractivity contribution in [3.63, 3.8) is 0 Å². The van der Waals surface area contributed by atoms with Crippen molar-refractivity contribution in [2.45, 2.75) is 26.4 Å². The summed E-state index contributed by atoms with van der Waals surface area (Å²) in [4.78, 5) is 16.1. The first kappa shape index (κ1) is 10.6. The molecule has 0 N–H and O–H groups in total. The molecule has 0 aromatic heterocycles. The van der Waals surface area contributed by atoms with Crippen LogP contribution in [0.2, 0.25) is 0 Å². The van der Waals surface area contributed by atoms with Crippen LogP contribution < -0.4 is 0 Å². The zero-order valence-electron chi connectivity index (χ0n) is 8.70. The zero-order chi connectivity index (χ0) is 10.8. The van der Waals surface area contributed by atoms with E-state index in [1.54, 1.807) is 4.90 Å². The summed E-state index contributed by atoms with van der Waals surface area (Å²) in [6.45, 7) is 13.2. The molecule has 0 atom stereocenters. The Morgan fingerprint density at radius 3 is 2.57 bits per heavy atom. The number of carbonyl (C=O) groups is 1. The van der Waals surface area contributed by atoms with Gasteiger partial charge in [0.2, 0.25) is 0 Å². The molecule has 0 unspecified atom stereocenters. The van der Waals surface area contributed by atoms with Gasteiger partial charge in [0.25, 0.3) is 0 Å². The van der Waals surface area contributed by atoms with Crippen molar-refractivity contribution >= 4 is 6.09 Å². The van der Waals surface area contributed by atoms with E-state index >= 15 is 0 Å². The smallest absolute Gasteiger partial charge is 0.410 e. The fourth-order valence-corrected chi connectivity index (χ4v) is 1.07. The highest BCUT2D eigenvalue weighted by Gasteiger charge is 2.28. The van der Waals surface area contributed by atoms with Gasteiger partial charge in [-0.2, -0.15) is 0 Å². The normalized spacial score (nSPS) is 15.6. The van der Waals surface area contributed by atoms with Gasteiger partial charge in [0, 0.05) is 13.1 Å². The lowest BCUT2D eigenvalue weighted by Gasteiger charge is -2.35. The second-order valence-corrected chi connectivity index (χ2v) is 4.25. The molecule has 14 heavy (non-hydrogen) atoms. The van der Waals surface area contributed by atoms with Crippen LogP contribution in [-0.2, 0) is 4.74 Å². The van der Waals surface area contributed by atoms with Crippen molar-refractivity contribution in [1.29, 1.82) is 0 Å². The number of hydrogen-bond donors (Lipinski definition) is 0. The van der Waals surface area contributed by atoms with Gasteiger partial charge in [-0.15, -0.1) is 0 Å². The average molecular weight is 194 g/mol. The van der Waals surface area contributed by atoms with Crippen molar-refractivity contribution in [2.75, 3.05) is 13.1 Å². The fraction of sp³-hybridized carbons (Fsp3) is 0.600. The van der Waals surface area contributed by atoms with Gasteiger partial charge in [-0.25, -0.2) is 9.64 Å². The number of ether oxygens (including phenoxy) is 1. The monoisotopic (exact) mass is 194 g/mol. The third kappa shape index (κ3) is 2.77. The molecule has 1 rings (SSSR count). The molecule has 1 aliphatic rings. The highest BCUT2D eigenvalue weighted by molar-refractivity contribution is 5.70. The maximum absolute atomic E-state index is 11.4. The standard InChI is InChI=1S/C10H14N2O2/c1-10(2,3)14-9(13)12-6-8(7-12)5-11-4/h5H,6-7H2,1-3H3. The van der Waals surface area contributed by atoms with E-state index in [1.165, 1.54) is 6.20 Å². The summed E-state index contributed by atoms with van der Waals surface area (Å²) < 4.78 is 5.15. The molecule has 0 aromatic rings. The number of nitrogens with zero attached hydrogens (tertiary/aromatic N) is 2. The summed E-state index contributed by atoms with van der Waals surface area (Å²) in [5, 5.41) is 0. The predicted molar refractivity (Wildman–Crippen MR) is 52.5 cm³/mol. The lowest BCUT2D eigenvalue weighted by atomic mass is 10.1. The molecular weight excluding hydrogens is 180 g/mol. The number of rotatable bonds is 0. The molecule has 0 aliphatic carbocycles. The van der Waals surface area contributed by atoms with Gasteiger partial charge in [-0.3, -0.25) is 0 Å². The quantitative estimate of drug-likeness (QED) is 0.553. The predicted octanol–water partition coefficient (Wildman–Crippen LogP) is 2.04. The second-order valence-electron chi connectivity index (χ2n) is 4.25. The average Bonchev–Trinajstić information content (AvgIpc) is 1.91. The molecule has 0 saturated carbocycles. The minimum Gasteiger partial charge on any atom is -0.444 e. The summed E-state index contributed by atoms with van der Waals surface area (Å²) in [7, 11) is 0. The van der Waals surface area contributed by atoms with E-state index in [4.69, 9.17) is 11.3 Å². The molecule has 0 spiro atoms. The van der Waals surface area contributed by atoms with Gasteiger partial charge in [0.05, 0.1) is 6.57 Å². The first-order valence-corrected chi connectivity index (χ1v) is 4.45. The first-order chi connectivity index (χ1) is 6.42. The van der Waals surface area contributed by atoms with E-state index in [0.29, 0.717) is 13.1 Å². The molecule has 0 bridgehead atoms. The zero-order valence-corrected chi connectivity index (χ0v) is 8.70. The Balaban J connectivity index is 2.38. The Morgan fingerprint density at radius 1 is 1.57 bits per heavy atom. The Labute approximate surface area is 84.0 Å². The third-order valence-electron chi connectivity index (χ3n) is 1.69. The second kappa shape index (κ2) is 3.70. The van der Waals surface area contributed by atoms with Gasteiger partial charge >= 0.3 is 6.09 Å². The largest absolute Gasteiger partial charge is 0.444 e. The summed E-state index contributed by atoms with van der Waals surface area (Å²) in [5.74, 6) is 0. The van der Waals surface area contributed by atoms with Crippen molar-refractivity contribution in [3.05, 3.63) is 23.2 Å². The van der Waals surface area contributed by atoms with Crippen molar-refractivity contribution < 1.29 is 9.53 Å². The molecule has 4 heteroatoms. The minimum atomic E-state index is -0.448.